The van der Waals surface area contributed by atoms with Gasteiger partial charge in [0.05, 0.1) is 5.56 Å². The van der Waals surface area contributed by atoms with Crippen LogP contribution in [0.1, 0.15) is 26.5 Å². The van der Waals surface area contributed by atoms with Gasteiger partial charge in [-0.05, 0) is 42.5 Å². The van der Waals surface area contributed by atoms with E-state index in [4.69, 9.17) is 4.42 Å². The first-order valence-corrected chi connectivity index (χ1v) is 8.19. The molecule has 28 heavy (non-hydrogen) atoms. The average Bonchev–Trinajstić information content (AvgIpc) is 3.17. The molecule has 1 heterocycles. The van der Waals surface area contributed by atoms with Crippen LogP contribution in [0.4, 0.5) is 18.9 Å². The molecule has 0 saturated heterocycles. The molecule has 0 aliphatic rings. The van der Waals surface area contributed by atoms with Gasteiger partial charge in [-0.15, -0.1) is 0 Å². The Labute approximate surface area is 158 Å². The van der Waals surface area contributed by atoms with Gasteiger partial charge in [-0.1, -0.05) is 18.2 Å². The fourth-order valence-corrected chi connectivity index (χ4v) is 2.54. The fourth-order valence-electron chi connectivity index (χ4n) is 2.54. The number of benzene rings is 2. The summed E-state index contributed by atoms with van der Waals surface area (Å²) in [5.41, 5.74) is 0.140. The van der Waals surface area contributed by atoms with Crippen molar-refractivity contribution >= 4 is 17.5 Å². The zero-order valence-corrected chi connectivity index (χ0v) is 14.6. The lowest BCUT2D eigenvalue weighted by Gasteiger charge is -2.07. The second-order valence-electron chi connectivity index (χ2n) is 5.86. The van der Waals surface area contributed by atoms with Crippen LogP contribution in [0, 0.1) is 0 Å². The molecular weight excluding hydrogens is 373 g/mol. The summed E-state index contributed by atoms with van der Waals surface area (Å²) in [5.74, 6) is -0.832. The molecule has 8 heteroatoms. The van der Waals surface area contributed by atoms with E-state index in [-0.39, 0.29) is 23.0 Å². The van der Waals surface area contributed by atoms with E-state index in [1.54, 1.807) is 18.2 Å². The zero-order chi connectivity index (χ0) is 20.3. The Morgan fingerprint density at radius 3 is 2.39 bits per heavy atom. The number of halogens is 3. The molecule has 0 fully saturated rings. The molecule has 0 radical (unpaired) electrons. The van der Waals surface area contributed by atoms with E-state index in [0.29, 0.717) is 11.3 Å². The molecule has 0 saturated carbocycles. The molecule has 0 unspecified atom stereocenters. The van der Waals surface area contributed by atoms with E-state index in [9.17, 15) is 22.8 Å². The number of carbonyl (C=O) groups excluding carboxylic acids is 2. The minimum Gasteiger partial charge on any atom is -0.451 e. The molecule has 0 spiro atoms. The van der Waals surface area contributed by atoms with Crippen molar-refractivity contribution in [3.8, 4) is 11.3 Å². The predicted molar refractivity (Wildman–Crippen MR) is 96.9 cm³/mol. The number of nitrogens with one attached hydrogen (secondary N) is 2. The van der Waals surface area contributed by atoms with Gasteiger partial charge in [0.1, 0.15) is 5.76 Å². The number of alkyl halides is 3. The number of carbonyl (C=O) groups is 2. The van der Waals surface area contributed by atoms with Gasteiger partial charge in [-0.2, -0.15) is 13.2 Å². The van der Waals surface area contributed by atoms with Crippen molar-refractivity contribution in [2.45, 2.75) is 6.18 Å². The quantitative estimate of drug-likeness (QED) is 0.687. The van der Waals surface area contributed by atoms with Crippen molar-refractivity contribution in [1.29, 1.82) is 0 Å². The second-order valence-corrected chi connectivity index (χ2v) is 5.86. The Balaban J connectivity index is 1.79. The van der Waals surface area contributed by atoms with Crippen LogP contribution in [0.3, 0.4) is 0 Å². The maximum Gasteiger partial charge on any atom is 0.416 e. The van der Waals surface area contributed by atoms with Crippen LogP contribution in [-0.2, 0) is 6.18 Å². The minimum absolute atomic E-state index is 0.0715. The number of rotatable bonds is 4. The van der Waals surface area contributed by atoms with Crippen LogP contribution in [0.15, 0.2) is 65.1 Å². The van der Waals surface area contributed by atoms with Gasteiger partial charge >= 0.3 is 6.18 Å². The summed E-state index contributed by atoms with van der Waals surface area (Å²) in [6.45, 7) is 0. The van der Waals surface area contributed by atoms with Gasteiger partial charge in [0.15, 0.2) is 5.76 Å². The van der Waals surface area contributed by atoms with E-state index in [0.717, 1.165) is 12.1 Å². The maximum absolute atomic E-state index is 12.9. The first-order valence-electron chi connectivity index (χ1n) is 8.19. The van der Waals surface area contributed by atoms with Crippen LogP contribution in [-0.4, -0.2) is 18.9 Å². The summed E-state index contributed by atoms with van der Waals surface area (Å²) < 4.78 is 44.0. The van der Waals surface area contributed by atoms with E-state index < -0.39 is 17.6 Å². The van der Waals surface area contributed by atoms with Crippen LogP contribution in [0.2, 0.25) is 0 Å². The second kappa shape index (κ2) is 7.59. The number of anilines is 1. The Morgan fingerprint density at radius 1 is 0.929 bits per heavy atom. The summed E-state index contributed by atoms with van der Waals surface area (Å²) in [7, 11) is 1.49. The lowest BCUT2D eigenvalue weighted by Crippen LogP contribution is -2.18. The highest BCUT2D eigenvalue weighted by Crippen LogP contribution is 2.32. The Kier molecular flexibility index (Phi) is 5.21. The molecule has 2 N–H and O–H groups in total. The summed E-state index contributed by atoms with van der Waals surface area (Å²) in [5, 5.41) is 5.07. The third kappa shape index (κ3) is 4.22. The van der Waals surface area contributed by atoms with E-state index in [2.05, 4.69) is 10.6 Å². The molecule has 0 aliphatic heterocycles. The highest BCUT2D eigenvalue weighted by atomic mass is 19.4. The van der Waals surface area contributed by atoms with Crippen molar-refractivity contribution in [3.05, 3.63) is 77.6 Å². The smallest absolute Gasteiger partial charge is 0.416 e. The van der Waals surface area contributed by atoms with Crippen LogP contribution in [0.25, 0.3) is 11.3 Å². The highest BCUT2D eigenvalue weighted by Gasteiger charge is 2.30. The summed E-state index contributed by atoms with van der Waals surface area (Å²) >= 11 is 0. The zero-order valence-electron chi connectivity index (χ0n) is 14.6. The van der Waals surface area contributed by atoms with Crippen LogP contribution in [0.5, 0.6) is 0 Å². The molecule has 1 aromatic heterocycles. The molecule has 144 valence electrons. The van der Waals surface area contributed by atoms with Crippen LogP contribution >= 0.6 is 0 Å². The normalized spacial score (nSPS) is 11.1. The van der Waals surface area contributed by atoms with Crippen molar-refractivity contribution < 1.29 is 27.2 Å². The minimum atomic E-state index is -4.47. The van der Waals surface area contributed by atoms with Crippen molar-refractivity contribution in [1.82, 2.24) is 5.32 Å². The molecule has 0 atom stereocenters. The molecule has 2 amide bonds. The fraction of sp³-hybridized carbons (Fsp3) is 0.100. The summed E-state index contributed by atoms with van der Waals surface area (Å²) in [6, 6.07) is 13.7. The predicted octanol–water partition coefficient (Wildman–Crippen LogP) is 4.58. The Hall–Kier alpha value is -3.55. The SMILES string of the molecule is CNC(=O)c1cccc(NC(=O)c2ccc(-c3cccc(C(F)(F)F)c3)o2)c1. The van der Waals surface area contributed by atoms with Gasteiger partial charge in [-0.3, -0.25) is 9.59 Å². The third-order valence-corrected chi connectivity index (χ3v) is 3.91. The molecule has 0 bridgehead atoms. The molecule has 3 aromatic rings. The molecule has 3 rings (SSSR count). The molecule has 5 nitrogen and oxygen atoms in total. The van der Waals surface area contributed by atoms with E-state index in [1.165, 1.54) is 37.4 Å². The summed E-state index contributed by atoms with van der Waals surface area (Å²) in [4.78, 5) is 24.0. The van der Waals surface area contributed by atoms with Crippen molar-refractivity contribution in [2.75, 3.05) is 12.4 Å². The largest absolute Gasteiger partial charge is 0.451 e. The van der Waals surface area contributed by atoms with Gasteiger partial charge < -0.3 is 15.1 Å². The number of amides is 2. The number of hydrogen-bond acceptors (Lipinski definition) is 3. The molecule has 2 aromatic carbocycles. The first kappa shape index (κ1) is 19.2. The Bertz CT molecular complexity index is 1030. The van der Waals surface area contributed by atoms with Crippen LogP contribution < -0.4 is 10.6 Å². The Morgan fingerprint density at radius 2 is 1.68 bits per heavy atom. The lowest BCUT2D eigenvalue weighted by atomic mass is 10.1. The van der Waals surface area contributed by atoms with Gasteiger partial charge in [0.25, 0.3) is 11.8 Å². The van der Waals surface area contributed by atoms with Gasteiger partial charge in [-0.25, -0.2) is 0 Å². The van der Waals surface area contributed by atoms with E-state index >= 15 is 0 Å². The molecular formula is C20H15F3N2O3. The lowest BCUT2D eigenvalue weighted by molar-refractivity contribution is -0.137. The monoisotopic (exact) mass is 388 g/mol. The maximum atomic E-state index is 12.9. The number of furan rings is 1. The average molecular weight is 388 g/mol. The topological polar surface area (TPSA) is 71.3 Å². The highest BCUT2D eigenvalue weighted by molar-refractivity contribution is 6.03. The standard InChI is InChI=1S/C20H15F3N2O3/c1-24-18(26)13-5-3-7-15(11-13)25-19(27)17-9-8-16(28-17)12-4-2-6-14(10-12)20(21,22)23/h2-11H,1H3,(H,24,26)(H,25,27). The summed E-state index contributed by atoms with van der Waals surface area (Å²) in [6.07, 6.45) is -4.47. The van der Waals surface area contributed by atoms with Crippen molar-refractivity contribution in [3.63, 3.8) is 0 Å². The van der Waals surface area contributed by atoms with Gasteiger partial charge in [0, 0.05) is 23.9 Å². The number of hydrogen-bond donors (Lipinski definition) is 2. The van der Waals surface area contributed by atoms with Crippen molar-refractivity contribution in [2.24, 2.45) is 0 Å². The third-order valence-electron chi connectivity index (χ3n) is 3.91. The van der Waals surface area contributed by atoms with E-state index in [1.807, 2.05) is 0 Å². The first-order chi connectivity index (χ1) is 13.3. The molecule has 0 aliphatic carbocycles. The van der Waals surface area contributed by atoms with Gasteiger partial charge in [0.2, 0.25) is 0 Å².